The number of aromatic nitrogens is 2. The van der Waals surface area contributed by atoms with Crippen molar-refractivity contribution in [3.8, 4) is 11.4 Å². The largest absolute Gasteiger partial charge is 0.417 e. The lowest BCUT2D eigenvalue weighted by atomic mass is 10.1. The molecule has 0 fully saturated rings. The molecular formula is C15H15F3N6. The molecule has 24 heavy (non-hydrogen) atoms. The van der Waals surface area contributed by atoms with Crippen molar-refractivity contribution in [3.05, 3.63) is 41.6 Å². The SMILES string of the molecule is Cc1cc(NC2=NC(C)NN2)nc(-c2ccccc2C(F)(F)F)n1. The van der Waals surface area contributed by atoms with Gasteiger partial charge in [-0.25, -0.2) is 20.4 Å². The van der Waals surface area contributed by atoms with Crippen LogP contribution in [0.25, 0.3) is 11.4 Å². The summed E-state index contributed by atoms with van der Waals surface area (Å²) in [5.74, 6) is 0.803. The number of rotatable bonds is 2. The highest BCUT2D eigenvalue weighted by molar-refractivity contribution is 5.93. The quantitative estimate of drug-likeness (QED) is 0.786. The van der Waals surface area contributed by atoms with E-state index in [-0.39, 0.29) is 17.6 Å². The summed E-state index contributed by atoms with van der Waals surface area (Å²) >= 11 is 0. The van der Waals surface area contributed by atoms with Crippen molar-refractivity contribution in [2.75, 3.05) is 5.32 Å². The molecule has 0 saturated heterocycles. The maximum Gasteiger partial charge on any atom is 0.417 e. The summed E-state index contributed by atoms with van der Waals surface area (Å²) in [5, 5.41) is 2.92. The first-order valence-electron chi connectivity index (χ1n) is 7.21. The Kier molecular flexibility index (Phi) is 4.10. The number of benzene rings is 1. The van der Waals surface area contributed by atoms with Gasteiger partial charge in [-0.1, -0.05) is 18.2 Å². The summed E-state index contributed by atoms with van der Waals surface area (Å²) < 4.78 is 39.6. The summed E-state index contributed by atoms with van der Waals surface area (Å²) in [6.45, 7) is 3.54. The van der Waals surface area contributed by atoms with Crippen LogP contribution in [0.5, 0.6) is 0 Å². The maximum atomic E-state index is 13.2. The number of hydrogen-bond donors (Lipinski definition) is 3. The van der Waals surface area contributed by atoms with Crippen molar-refractivity contribution in [1.82, 2.24) is 20.8 Å². The molecule has 9 heteroatoms. The molecule has 3 rings (SSSR count). The molecule has 1 atom stereocenters. The van der Waals surface area contributed by atoms with Crippen LogP contribution in [0.15, 0.2) is 35.3 Å². The van der Waals surface area contributed by atoms with E-state index in [4.69, 9.17) is 0 Å². The number of halogens is 3. The summed E-state index contributed by atoms with van der Waals surface area (Å²) in [4.78, 5) is 12.6. The molecule has 1 aromatic carbocycles. The van der Waals surface area contributed by atoms with Gasteiger partial charge < -0.3 is 5.32 Å². The molecular weight excluding hydrogens is 321 g/mol. The lowest BCUT2D eigenvalue weighted by Gasteiger charge is -2.13. The third kappa shape index (κ3) is 3.46. The average molecular weight is 336 g/mol. The van der Waals surface area contributed by atoms with Crippen LogP contribution >= 0.6 is 0 Å². The summed E-state index contributed by atoms with van der Waals surface area (Å²) in [7, 11) is 0. The Balaban J connectivity index is 2.00. The third-order valence-electron chi connectivity index (χ3n) is 3.30. The van der Waals surface area contributed by atoms with Crippen LogP contribution in [0.1, 0.15) is 18.2 Å². The molecule has 0 amide bonds. The van der Waals surface area contributed by atoms with Gasteiger partial charge in [-0.3, -0.25) is 5.43 Å². The highest BCUT2D eigenvalue weighted by atomic mass is 19.4. The Morgan fingerprint density at radius 2 is 1.92 bits per heavy atom. The molecule has 0 bridgehead atoms. The molecule has 6 nitrogen and oxygen atoms in total. The molecule has 2 aromatic rings. The van der Waals surface area contributed by atoms with Crippen LogP contribution < -0.4 is 16.2 Å². The second-order valence-electron chi connectivity index (χ2n) is 5.31. The van der Waals surface area contributed by atoms with E-state index in [2.05, 4.69) is 31.1 Å². The van der Waals surface area contributed by atoms with Gasteiger partial charge in [-0.05, 0) is 19.9 Å². The van der Waals surface area contributed by atoms with E-state index in [0.29, 0.717) is 17.5 Å². The average Bonchev–Trinajstić information content (AvgIpc) is 2.91. The Morgan fingerprint density at radius 3 is 2.58 bits per heavy atom. The Bertz CT molecular complexity index is 787. The van der Waals surface area contributed by atoms with Crippen molar-refractivity contribution < 1.29 is 13.2 Å². The van der Waals surface area contributed by atoms with Crippen molar-refractivity contribution in [2.24, 2.45) is 4.99 Å². The molecule has 0 saturated carbocycles. The fourth-order valence-corrected chi connectivity index (χ4v) is 2.29. The van der Waals surface area contributed by atoms with Gasteiger partial charge in [0.25, 0.3) is 0 Å². The lowest BCUT2D eigenvalue weighted by Crippen LogP contribution is -2.36. The van der Waals surface area contributed by atoms with Gasteiger partial charge in [-0.15, -0.1) is 0 Å². The van der Waals surface area contributed by atoms with Gasteiger partial charge >= 0.3 is 6.18 Å². The predicted octanol–water partition coefficient (Wildman–Crippen LogP) is 2.69. The fraction of sp³-hybridized carbons (Fsp3) is 0.267. The van der Waals surface area contributed by atoms with Crippen LogP contribution in [0.4, 0.5) is 19.0 Å². The molecule has 2 heterocycles. The van der Waals surface area contributed by atoms with Gasteiger partial charge in [0.1, 0.15) is 12.0 Å². The zero-order chi connectivity index (χ0) is 17.3. The first-order valence-corrected chi connectivity index (χ1v) is 7.21. The number of hydrazine groups is 1. The Hall–Kier alpha value is -2.68. The summed E-state index contributed by atoms with van der Waals surface area (Å²) in [6, 6.07) is 6.87. The number of nitrogens with zero attached hydrogens (tertiary/aromatic N) is 3. The minimum atomic E-state index is -4.48. The van der Waals surface area contributed by atoms with Gasteiger partial charge in [0.15, 0.2) is 5.82 Å². The first kappa shape index (κ1) is 16.2. The van der Waals surface area contributed by atoms with E-state index < -0.39 is 11.7 Å². The first-order chi connectivity index (χ1) is 11.3. The number of guanidine groups is 1. The van der Waals surface area contributed by atoms with Crippen LogP contribution in [0.2, 0.25) is 0 Å². The molecule has 1 aliphatic heterocycles. The van der Waals surface area contributed by atoms with Gasteiger partial charge in [0.05, 0.1) is 5.56 Å². The predicted molar refractivity (Wildman–Crippen MR) is 84.0 cm³/mol. The van der Waals surface area contributed by atoms with E-state index in [1.807, 2.05) is 6.92 Å². The molecule has 3 N–H and O–H groups in total. The van der Waals surface area contributed by atoms with Crippen LogP contribution in [-0.2, 0) is 6.18 Å². The zero-order valence-corrected chi connectivity index (χ0v) is 12.9. The minimum Gasteiger partial charge on any atom is -0.310 e. The highest BCUT2D eigenvalue weighted by Gasteiger charge is 2.34. The normalized spacial score (nSPS) is 17.4. The van der Waals surface area contributed by atoms with Crippen molar-refractivity contribution >= 4 is 11.8 Å². The standard InChI is InChI=1S/C15H15F3N6/c1-8-7-12(22-14-20-9(2)23-24-14)21-13(19-8)10-5-3-4-6-11(10)15(16,17)18/h3-7,9,23H,1-2H3,(H2,19,20,21,22,24). The maximum absolute atomic E-state index is 13.2. The molecule has 1 aromatic heterocycles. The van der Waals surface area contributed by atoms with Crippen LogP contribution in [-0.4, -0.2) is 22.1 Å². The van der Waals surface area contributed by atoms with E-state index in [9.17, 15) is 13.2 Å². The van der Waals surface area contributed by atoms with Crippen LogP contribution in [0.3, 0.4) is 0 Å². The second-order valence-corrected chi connectivity index (χ2v) is 5.31. The Labute approximate surface area is 136 Å². The Morgan fingerprint density at radius 1 is 1.17 bits per heavy atom. The molecule has 126 valence electrons. The number of hydrogen-bond acceptors (Lipinski definition) is 6. The fourth-order valence-electron chi connectivity index (χ4n) is 2.29. The van der Waals surface area contributed by atoms with E-state index in [1.165, 1.54) is 18.2 Å². The third-order valence-corrected chi connectivity index (χ3v) is 3.30. The summed E-state index contributed by atoms with van der Waals surface area (Å²) in [6.07, 6.45) is -4.59. The molecule has 1 aliphatic rings. The van der Waals surface area contributed by atoms with E-state index in [1.54, 1.807) is 13.0 Å². The number of nitrogens with one attached hydrogen (secondary N) is 3. The number of aliphatic imine (C=N–C) groups is 1. The number of anilines is 1. The zero-order valence-electron chi connectivity index (χ0n) is 12.9. The molecule has 0 radical (unpaired) electrons. The number of aryl methyl sites for hydroxylation is 1. The molecule has 0 aliphatic carbocycles. The lowest BCUT2D eigenvalue weighted by molar-refractivity contribution is -0.137. The van der Waals surface area contributed by atoms with Crippen molar-refractivity contribution in [2.45, 2.75) is 26.2 Å². The monoisotopic (exact) mass is 336 g/mol. The van der Waals surface area contributed by atoms with E-state index in [0.717, 1.165) is 6.07 Å². The number of alkyl halides is 3. The summed E-state index contributed by atoms with van der Waals surface area (Å²) in [5.41, 5.74) is 5.39. The van der Waals surface area contributed by atoms with Gasteiger partial charge in [0.2, 0.25) is 5.96 Å². The molecule has 1 unspecified atom stereocenters. The van der Waals surface area contributed by atoms with Gasteiger partial charge in [0, 0.05) is 17.3 Å². The van der Waals surface area contributed by atoms with E-state index >= 15 is 0 Å². The van der Waals surface area contributed by atoms with Gasteiger partial charge in [-0.2, -0.15) is 13.2 Å². The van der Waals surface area contributed by atoms with Crippen molar-refractivity contribution in [1.29, 1.82) is 0 Å². The topological polar surface area (TPSA) is 74.2 Å². The van der Waals surface area contributed by atoms with Crippen LogP contribution in [0, 0.1) is 6.92 Å². The second kappa shape index (κ2) is 6.08. The molecule has 0 spiro atoms. The highest BCUT2D eigenvalue weighted by Crippen LogP contribution is 2.36. The minimum absolute atomic E-state index is 0.00466. The van der Waals surface area contributed by atoms with Crippen molar-refractivity contribution in [3.63, 3.8) is 0 Å². The smallest absolute Gasteiger partial charge is 0.310 e.